The van der Waals surface area contributed by atoms with Gasteiger partial charge in [0.25, 0.3) is 0 Å². The van der Waals surface area contributed by atoms with Crippen LogP contribution in [0.1, 0.15) is 4.88 Å². The number of hydrogen-bond donors (Lipinski definition) is 2. The minimum Gasteiger partial charge on any atom is -0.363 e. The van der Waals surface area contributed by atoms with Crippen molar-refractivity contribution in [2.24, 2.45) is 0 Å². The molecule has 1 aromatic carbocycles. The van der Waals surface area contributed by atoms with Crippen molar-refractivity contribution in [1.29, 1.82) is 0 Å². The average Bonchev–Trinajstić information content (AvgIpc) is 3.04. The summed E-state index contributed by atoms with van der Waals surface area (Å²) in [5.74, 6) is -0.0905. The van der Waals surface area contributed by atoms with E-state index in [9.17, 15) is 4.39 Å². The van der Waals surface area contributed by atoms with Gasteiger partial charge in [-0.2, -0.15) is 5.10 Å². The monoisotopic (exact) mass is 307 g/mol. The number of H-pyrrole nitrogens is 1. The normalized spacial score (nSPS) is 10.7. The Morgan fingerprint density at radius 1 is 1.20 bits per heavy atom. The summed E-state index contributed by atoms with van der Waals surface area (Å²) < 4.78 is 15.0. The summed E-state index contributed by atoms with van der Waals surface area (Å²) in [5.41, 5.74) is 1.06. The Hall–Kier alpha value is -1.85. The van der Waals surface area contributed by atoms with Gasteiger partial charge in [0, 0.05) is 10.4 Å². The predicted molar refractivity (Wildman–Crippen MR) is 80.6 cm³/mol. The second-order valence-corrected chi connectivity index (χ2v) is 5.99. The van der Waals surface area contributed by atoms with Crippen molar-refractivity contribution in [2.75, 3.05) is 5.32 Å². The number of aromatic nitrogens is 2. The van der Waals surface area contributed by atoms with Crippen LogP contribution in [-0.2, 0) is 6.54 Å². The molecule has 0 bridgehead atoms. The molecule has 2 heterocycles. The Balaban J connectivity index is 1.77. The zero-order valence-electron chi connectivity index (χ0n) is 10.4. The van der Waals surface area contributed by atoms with E-state index in [0.717, 1.165) is 14.8 Å². The second kappa shape index (κ2) is 5.64. The van der Waals surface area contributed by atoms with Crippen molar-refractivity contribution in [3.63, 3.8) is 0 Å². The Bertz CT molecular complexity index is 708. The molecule has 6 heteroatoms. The first kappa shape index (κ1) is 13.1. The van der Waals surface area contributed by atoms with Gasteiger partial charge in [0.15, 0.2) is 11.6 Å². The third kappa shape index (κ3) is 2.69. The fourth-order valence-corrected chi connectivity index (χ4v) is 2.88. The molecule has 3 rings (SSSR count). The molecular formula is C14H11ClFN3S. The molecule has 102 valence electrons. The summed E-state index contributed by atoms with van der Waals surface area (Å²) in [6.07, 6.45) is 0. The highest BCUT2D eigenvalue weighted by Crippen LogP contribution is 2.26. The summed E-state index contributed by atoms with van der Waals surface area (Å²) in [6.45, 7) is 0.505. The number of anilines is 1. The maximum atomic E-state index is 14.2. The molecule has 0 aliphatic carbocycles. The van der Waals surface area contributed by atoms with Gasteiger partial charge in [-0.05, 0) is 12.1 Å². The molecule has 20 heavy (non-hydrogen) atoms. The van der Waals surface area contributed by atoms with Crippen LogP contribution in [0.4, 0.5) is 10.2 Å². The zero-order chi connectivity index (χ0) is 13.9. The molecule has 0 aliphatic rings. The van der Waals surface area contributed by atoms with E-state index in [1.165, 1.54) is 11.3 Å². The molecule has 0 fully saturated rings. The number of halogens is 2. The van der Waals surface area contributed by atoms with E-state index >= 15 is 0 Å². The largest absolute Gasteiger partial charge is 0.363 e. The van der Waals surface area contributed by atoms with Crippen molar-refractivity contribution in [3.05, 3.63) is 57.5 Å². The molecule has 0 saturated heterocycles. The van der Waals surface area contributed by atoms with Crippen molar-refractivity contribution in [1.82, 2.24) is 10.2 Å². The van der Waals surface area contributed by atoms with Crippen LogP contribution in [0.25, 0.3) is 11.3 Å². The lowest BCUT2D eigenvalue weighted by Gasteiger charge is -2.01. The highest BCUT2D eigenvalue weighted by Gasteiger charge is 2.14. The molecule has 0 radical (unpaired) electrons. The van der Waals surface area contributed by atoms with Gasteiger partial charge in [0.2, 0.25) is 0 Å². The fourth-order valence-electron chi connectivity index (χ4n) is 1.86. The van der Waals surface area contributed by atoms with Crippen molar-refractivity contribution >= 4 is 28.8 Å². The minimum atomic E-state index is -0.376. The third-order valence-electron chi connectivity index (χ3n) is 2.82. The lowest BCUT2D eigenvalue weighted by atomic mass is 10.1. The second-order valence-electron chi connectivity index (χ2n) is 4.19. The van der Waals surface area contributed by atoms with E-state index in [4.69, 9.17) is 11.6 Å². The molecule has 0 aliphatic heterocycles. The highest BCUT2D eigenvalue weighted by atomic mass is 35.5. The van der Waals surface area contributed by atoms with Gasteiger partial charge in [-0.25, -0.2) is 4.39 Å². The summed E-state index contributed by atoms with van der Waals surface area (Å²) >= 11 is 7.32. The first-order valence-electron chi connectivity index (χ1n) is 6.01. The lowest BCUT2D eigenvalue weighted by Crippen LogP contribution is -1.99. The third-order valence-corrected chi connectivity index (χ3v) is 4.05. The van der Waals surface area contributed by atoms with Crippen LogP contribution in [-0.4, -0.2) is 10.2 Å². The lowest BCUT2D eigenvalue weighted by molar-refractivity contribution is 0.634. The number of nitrogens with zero attached hydrogens (tertiary/aromatic N) is 1. The average molecular weight is 308 g/mol. The SMILES string of the molecule is Fc1c(-c2ccccc2)n[nH]c1NCc1ccc(Cl)s1. The summed E-state index contributed by atoms with van der Waals surface area (Å²) in [4.78, 5) is 1.03. The number of thiophene rings is 1. The van der Waals surface area contributed by atoms with E-state index in [1.807, 2.05) is 42.5 Å². The van der Waals surface area contributed by atoms with E-state index in [-0.39, 0.29) is 11.6 Å². The molecule has 2 N–H and O–H groups in total. The maximum Gasteiger partial charge on any atom is 0.192 e. The van der Waals surface area contributed by atoms with E-state index in [2.05, 4.69) is 15.5 Å². The highest BCUT2D eigenvalue weighted by molar-refractivity contribution is 7.16. The Labute approximate surface area is 124 Å². The molecule has 0 saturated carbocycles. The molecule has 3 aromatic rings. The number of benzene rings is 1. The van der Waals surface area contributed by atoms with Crippen LogP contribution >= 0.6 is 22.9 Å². The quantitative estimate of drug-likeness (QED) is 0.743. The molecule has 0 atom stereocenters. The van der Waals surface area contributed by atoms with Crippen LogP contribution in [0.2, 0.25) is 4.34 Å². The molecule has 0 unspecified atom stereocenters. The van der Waals surface area contributed by atoms with Crippen LogP contribution < -0.4 is 5.32 Å². The van der Waals surface area contributed by atoms with E-state index in [1.54, 1.807) is 0 Å². The van der Waals surface area contributed by atoms with Gasteiger partial charge in [0.1, 0.15) is 5.69 Å². The molecule has 0 amide bonds. The molecule has 2 aromatic heterocycles. The zero-order valence-corrected chi connectivity index (χ0v) is 11.9. The fraction of sp³-hybridized carbons (Fsp3) is 0.0714. The van der Waals surface area contributed by atoms with Gasteiger partial charge in [-0.3, -0.25) is 5.10 Å². The smallest absolute Gasteiger partial charge is 0.192 e. The molecule has 3 nitrogen and oxygen atoms in total. The van der Waals surface area contributed by atoms with Gasteiger partial charge < -0.3 is 5.32 Å². The van der Waals surface area contributed by atoms with Gasteiger partial charge in [0.05, 0.1) is 10.9 Å². The first-order chi connectivity index (χ1) is 9.74. The number of rotatable bonds is 4. The molecular weight excluding hydrogens is 297 g/mol. The van der Waals surface area contributed by atoms with Crippen molar-refractivity contribution in [3.8, 4) is 11.3 Å². The standard InChI is InChI=1S/C14H11ClFN3S/c15-11-7-6-10(20-11)8-17-14-12(16)13(18-19-14)9-4-2-1-3-5-9/h1-7H,8H2,(H2,17,18,19). The topological polar surface area (TPSA) is 40.7 Å². The number of hydrogen-bond acceptors (Lipinski definition) is 3. The van der Waals surface area contributed by atoms with E-state index < -0.39 is 0 Å². The summed E-state index contributed by atoms with van der Waals surface area (Å²) in [6, 6.07) is 13.0. The minimum absolute atomic E-state index is 0.286. The Morgan fingerprint density at radius 3 is 2.70 bits per heavy atom. The predicted octanol–water partition coefficient (Wildman–Crippen LogP) is 4.54. The van der Waals surface area contributed by atoms with Crippen molar-refractivity contribution < 1.29 is 4.39 Å². The summed E-state index contributed by atoms with van der Waals surface area (Å²) in [7, 11) is 0. The number of nitrogens with one attached hydrogen (secondary N) is 2. The van der Waals surface area contributed by atoms with Gasteiger partial charge in [-0.1, -0.05) is 41.9 Å². The maximum absolute atomic E-state index is 14.2. The van der Waals surface area contributed by atoms with Crippen LogP contribution in [0.5, 0.6) is 0 Å². The summed E-state index contributed by atoms with van der Waals surface area (Å²) in [5, 5.41) is 9.69. The first-order valence-corrected chi connectivity index (χ1v) is 7.21. The molecule has 0 spiro atoms. The van der Waals surface area contributed by atoms with E-state index in [0.29, 0.717) is 12.2 Å². The van der Waals surface area contributed by atoms with Gasteiger partial charge in [-0.15, -0.1) is 11.3 Å². The Kier molecular flexibility index (Phi) is 3.71. The van der Waals surface area contributed by atoms with Crippen LogP contribution in [0.3, 0.4) is 0 Å². The Morgan fingerprint density at radius 2 is 2.00 bits per heavy atom. The van der Waals surface area contributed by atoms with Gasteiger partial charge >= 0.3 is 0 Å². The van der Waals surface area contributed by atoms with Crippen LogP contribution in [0, 0.1) is 5.82 Å². The number of aromatic amines is 1. The van der Waals surface area contributed by atoms with Crippen molar-refractivity contribution in [2.45, 2.75) is 6.54 Å². The van der Waals surface area contributed by atoms with Crippen LogP contribution in [0.15, 0.2) is 42.5 Å².